The number of aliphatic hydroxyl groups is 1. The maximum atomic E-state index is 9.93. The van der Waals surface area contributed by atoms with Crippen LogP contribution in [0.3, 0.4) is 0 Å². The summed E-state index contributed by atoms with van der Waals surface area (Å²) in [5.74, 6) is 1.61. The molecule has 1 saturated heterocycles. The van der Waals surface area contributed by atoms with Crippen molar-refractivity contribution in [3.05, 3.63) is 65.9 Å². The van der Waals surface area contributed by atoms with Gasteiger partial charge in [0.15, 0.2) is 0 Å². The van der Waals surface area contributed by atoms with Gasteiger partial charge in [0.2, 0.25) is 0 Å². The molecule has 26 heavy (non-hydrogen) atoms. The van der Waals surface area contributed by atoms with Crippen molar-refractivity contribution in [1.29, 1.82) is 0 Å². The lowest BCUT2D eigenvalue weighted by Gasteiger charge is -2.34. The van der Waals surface area contributed by atoms with Crippen molar-refractivity contribution in [2.24, 2.45) is 18.9 Å². The molecule has 134 valence electrons. The molecule has 1 fully saturated rings. The van der Waals surface area contributed by atoms with E-state index in [1.807, 2.05) is 6.07 Å². The van der Waals surface area contributed by atoms with E-state index in [1.54, 1.807) is 0 Å². The first kappa shape index (κ1) is 15.9. The van der Waals surface area contributed by atoms with Crippen LogP contribution >= 0.6 is 0 Å². The molecule has 3 heterocycles. The van der Waals surface area contributed by atoms with Gasteiger partial charge >= 0.3 is 0 Å². The molecule has 4 heteroatoms. The second kappa shape index (κ2) is 6.15. The van der Waals surface area contributed by atoms with Gasteiger partial charge < -0.3 is 14.4 Å². The second-order valence-corrected chi connectivity index (χ2v) is 7.61. The number of para-hydroxylation sites is 2. The standard InChI is InChI=1S/C22H24N2O2/c1-23-10-15(17-6-2-4-8-20(17)23)11-24-12-16(13-25)19-14-26-21-9-5-3-7-18(21)22(19)24/h2-10,16,19,22,25H,11-14H2,1H3/t16-,19-,22-/m0/s1. The number of aliphatic hydroxyl groups excluding tert-OH is 1. The van der Waals surface area contributed by atoms with Crippen molar-refractivity contribution >= 4 is 10.9 Å². The fourth-order valence-electron chi connectivity index (χ4n) is 4.90. The smallest absolute Gasteiger partial charge is 0.124 e. The molecule has 1 aromatic heterocycles. The lowest BCUT2D eigenvalue weighted by Crippen LogP contribution is -2.31. The summed E-state index contributed by atoms with van der Waals surface area (Å²) >= 11 is 0. The molecule has 0 radical (unpaired) electrons. The topological polar surface area (TPSA) is 37.6 Å². The van der Waals surface area contributed by atoms with Crippen LogP contribution in [-0.2, 0) is 13.6 Å². The number of benzene rings is 2. The number of hydrogen-bond donors (Lipinski definition) is 1. The van der Waals surface area contributed by atoms with Crippen LogP contribution in [0.1, 0.15) is 17.2 Å². The van der Waals surface area contributed by atoms with Gasteiger partial charge in [-0.05, 0) is 17.7 Å². The minimum Gasteiger partial charge on any atom is -0.493 e. The van der Waals surface area contributed by atoms with E-state index in [1.165, 1.54) is 22.0 Å². The lowest BCUT2D eigenvalue weighted by atomic mass is 9.86. The normalized spacial score (nSPS) is 25.1. The number of ether oxygens (including phenoxy) is 1. The Morgan fingerprint density at radius 1 is 1.12 bits per heavy atom. The summed E-state index contributed by atoms with van der Waals surface area (Å²) in [6, 6.07) is 17.3. The van der Waals surface area contributed by atoms with Crippen molar-refractivity contribution in [2.75, 3.05) is 19.8 Å². The summed E-state index contributed by atoms with van der Waals surface area (Å²) in [7, 11) is 2.11. The highest BCUT2D eigenvalue weighted by molar-refractivity contribution is 5.83. The Bertz CT molecular complexity index is 948. The van der Waals surface area contributed by atoms with Crippen LogP contribution in [0.5, 0.6) is 5.75 Å². The molecular weight excluding hydrogens is 324 g/mol. The Balaban J connectivity index is 1.54. The molecule has 1 N–H and O–H groups in total. The Labute approximate surface area is 153 Å². The predicted octanol–water partition coefficient (Wildman–Crippen LogP) is 3.35. The number of nitrogens with zero attached hydrogens (tertiary/aromatic N) is 2. The minimum absolute atomic E-state index is 0.221. The van der Waals surface area contributed by atoms with E-state index < -0.39 is 0 Å². The second-order valence-electron chi connectivity index (χ2n) is 7.61. The van der Waals surface area contributed by atoms with Crippen molar-refractivity contribution in [3.8, 4) is 5.75 Å². The van der Waals surface area contributed by atoms with Crippen molar-refractivity contribution in [1.82, 2.24) is 9.47 Å². The molecule has 5 rings (SSSR count). The van der Waals surface area contributed by atoms with Gasteiger partial charge in [-0.2, -0.15) is 0 Å². The maximum absolute atomic E-state index is 9.93. The van der Waals surface area contributed by atoms with Crippen LogP contribution in [0.2, 0.25) is 0 Å². The van der Waals surface area contributed by atoms with Gasteiger partial charge in [0, 0.05) is 67.3 Å². The first-order valence-electron chi connectivity index (χ1n) is 9.36. The third kappa shape index (κ3) is 2.37. The molecule has 2 aliphatic heterocycles. The molecule has 0 unspecified atom stereocenters. The Morgan fingerprint density at radius 2 is 1.92 bits per heavy atom. The zero-order valence-electron chi connectivity index (χ0n) is 15.0. The molecule has 0 spiro atoms. The van der Waals surface area contributed by atoms with Crippen LogP contribution in [0.4, 0.5) is 0 Å². The number of aromatic nitrogens is 1. The summed E-state index contributed by atoms with van der Waals surface area (Å²) in [6.07, 6.45) is 2.25. The van der Waals surface area contributed by atoms with E-state index in [0.717, 1.165) is 18.8 Å². The van der Waals surface area contributed by atoms with E-state index in [9.17, 15) is 5.11 Å². The van der Waals surface area contributed by atoms with Gasteiger partial charge in [-0.25, -0.2) is 0 Å². The van der Waals surface area contributed by atoms with Gasteiger partial charge in [-0.15, -0.1) is 0 Å². The van der Waals surface area contributed by atoms with Crippen molar-refractivity contribution < 1.29 is 9.84 Å². The Morgan fingerprint density at radius 3 is 2.81 bits per heavy atom. The van der Waals surface area contributed by atoms with E-state index in [-0.39, 0.29) is 12.5 Å². The highest BCUT2D eigenvalue weighted by atomic mass is 16.5. The maximum Gasteiger partial charge on any atom is 0.124 e. The van der Waals surface area contributed by atoms with Crippen LogP contribution in [0.25, 0.3) is 10.9 Å². The van der Waals surface area contributed by atoms with E-state index >= 15 is 0 Å². The van der Waals surface area contributed by atoms with Crippen molar-refractivity contribution in [3.63, 3.8) is 0 Å². The first-order chi connectivity index (χ1) is 12.8. The average molecular weight is 348 g/mol. The molecule has 2 aromatic carbocycles. The van der Waals surface area contributed by atoms with Gasteiger partial charge in [0.25, 0.3) is 0 Å². The van der Waals surface area contributed by atoms with Crippen molar-refractivity contribution in [2.45, 2.75) is 12.6 Å². The average Bonchev–Trinajstić information content (AvgIpc) is 3.20. The van der Waals surface area contributed by atoms with E-state index in [0.29, 0.717) is 18.6 Å². The van der Waals surface area contributed by atoms with Gasteiger partial charge in [-0.1, -0.05) is 36.4 Å². The predicted molar refractivity (Wildman–Crippen MR) is 102 cm³/mol. The molecule has 2 aliphatic rings. The third-order valence-corrected chi connectivity index (χ3v) is 6.13. The third-order valence-electron chi connectivity index (χ3n) is 6.13. The Kier molecular flexibility index (Phi) is 3.76. The van der Waals surface area contributed by atoms with Gasteiger partial charge in [0.05, 0.1) is 6.61 Å². The zero-order chi connectivity index (χ0) is 17.7. The largest absolute Gasteiger partial charge is 0.493 e. The fourth-order valence-corrected chi connectivity index (χ4v) is 4.90. The van der Waals surface area contributed by atoms with Crippen LogP contribution in [0.15, 0.2) is 54.7 Å². The number of likely N-dealkylation sites (tertiary alicyclic amines) is 1. The highest BCUT2D eigenvalue weighted by Gasteiger charge is 2.45. The molecule has 0 saturated carbocycles. The number of aryl methyl sites for hydroxylation is 1. The van der Waals surface area contributed by atoms with E-state index in [2.05, 4.69) is 65.2 Å². The SMILES string of the molecule is Cn1cc(CN2C[C@@H](CO)[C@@H]3COc4ccccc4[C@@H]32)c2ccccc21. The van der Waals surface area contributed by atoms with Gasteiger partial charge in [-0.3, -0.25) is 4.90 Å². The minimum atomic E-state index is 0.221. The number of fused-ring (bicyclic) bond motifs is 4. The van der Waals surface area contributed by atoms with Crippen LogP contribution in [0, 0.1) is 11.8 Å². The fraction of sp³-hybridized carbons (Fsp3) is 0.364. The highest BCUT2D eigenvalue weighted by Crippen LogP contribution is 2.47. The quantitative estimate of drug-likeness (QED) is 0.789. The summed E-state index contributed by atoms with van der Waals surface area (Å²) in [4.78, 5) is 2.54. The molecule has 3 atom stereocenters. The lowest BCUT2D eigenvalue weighted by molar-refractivity contribution is 0.118. The monoisotopic (exact) mass is 348 g/mol. The summed E-state index contributed by atoms with van der Waals surface area (Å²) in [5, 5.41) is 11.2. The Hall–Kier alpha value is -2.30. The van der Waals surface area contributed by atoms with Crippen LogP contribution < -0.4 is 4.74 Å². The number of rotatable bonds is 3. The summed E-state index contributed by atoms with van der Waals surface area (Å²) in [5.41, 5.74) is 3.88. The molecule has 0 bridgehead atoms. The first-order valence-corrected chi connectivity index (χ1v) is 9.36. The number of hydrogen-bond acceptors (Lipinski definition) is 3. The molecule has 0 amide bonds. The molecule has 3 aromatic rings. The van der Waals surface area contributed by atoms with E-state index in [4.69, 9.17) is 4.74 Å². The molecular formula is C22H24N2O2. The molecule has 4 nitrogen and oxygen atoms in total. The zero-order valence-corrected chi connectivity index (χ0v) is 15.0. The summed E-state index contributed by atoms with van der Waals surface area (Å²) < 4.78 is 8.21. The molecule has 0 aliphatic carbocycles. The van der Waals surface area contributed by atoms with Crippen LogP contribution in [-0.4, -0.2) is 34.3 Å². The van der Waals surface area contributed by atoms with Gasteiger partial charge in [0.1, 0.15) is 5.75 Å². The summed E-state index contributed by atoms with van der Waals surface area (Å²) in [6.45, 7) is 2.72.